The van der Waals surface area contributed by atoms with Gasteiger partial charge in [-0.2, -0.15) is 0 Å². The number of carbonyl (C=O) groups is 3. The van der Waals surface area contributed by atoms with Gasteiger partial charge in [0, 0.05) is 23.6 Å². The molecule has 0 fully saturated rings. The lowest BCUT2D eigenvalue weighted by Crippen LogP contribution is -2.41. The summed E-state index contributed by atoms with van der Waals surface area (Å²) in [5, 5.41) is 4.61. The second-order valence-electron chi connectivity index (χ2n) is 5.84. The number of imide groups is 1. The average molecular weight is 357 g/mol. The molecule has 0 aliphatic heterocycles. The molecule has 1 heterocycles. The molecule has 2 aromatic rings. The lowest BCUT2D eigenvalue weighted by Gasteiger charge is -2.10. The van der Waals surface area contributed by atoms with E-state index in [4.69, 9.17) is 4.74 Å². The SMILES string of the molecule is CCCNC(=O)NC(=O)COC(=O)c1cc(C)n(-c2ccccc2)c1C. The van der Waals surface area contributed by atoms with Gasteiger partial charge in [-0.25, -0.2) is 9.59 Å². The molecule has 2 rings (SSSR count). The third kappa shape index (κ3) is 4.72. The van der Waals surface area contributed by atoms with Gasteiger partial charge in [-0.15, -0.1) is 0 Å². The molecule has 0 saturated carbocycles. The van der Waals surface area contributed by atoms with Gasteiger partial charge >= 0.3 is 12.0 Å². The molecule has 138 valence electrons. The van der Waals surface area contributed by atoms with Crippen LogP contribution in [0.1, 0.15) is 35.1 Å². The highest BCUT2D eigenvalue weighted by Gasteiger charge is 2.19. The van der Waals surface area contributed by atoms with Crippen molar-refractivity contribution in [2.24, 2.45) is 0 Å². The molecular formula is C19H23N3O4. The number of urea groups is 1. The Kier molecular flexibility index (Phi) is 6.54. The normalized spacial score (nSPS) is 10.3. The molecule has 0 aliphatic rings. The lowest BCUT2D eigenvalue weighted by molar-refractivity contribution is -0.123. The number of amides is 3. The van der Waals surface area contributed by atoms with Gasteiger partial charge in [0.15, 0.2) is 6.61 Å². The number of esters is 1. The van der Waals surface area contributed by atoms with Gasteiger partial charge in [0.05, 0.1) is 5.56 Å². The van der Waals surface area contributed by atoms with Crippen molar-refractivity contribution in [1.82, 2.24) is 15.2 Å². The van der Waals surface area contributed by atoms with E-state index in [0.717, 1.165) is 23.5 Å². The Balaban J connectivity index is 2.00. The number of aromatic nitrogens is 1. The molecule has 0 saturated heterocycles. The highest BCUT2D eigenvalue weighted by molar-refractivity contribution is 5.97. The third-order valence-corrected chi connectivity index (χ3v) is 3.79. The number of benzene rings is 1. The fourth-order valence-electron chi connectivity index (χ4n) is 2.60. The standard InChI is InChI=1S/C19H23N3O4/c1-4-10-20-19(25)21-17(23)12-26-18(24)16-11-13(2)22(14(16)3)15-8-6-5-7-9-15/h5-9,11H,4,10,12H2,1-3H3,(H2,20,21,23,25). The Morgan fingerprint density at radius 3 is 2.46 bits per heavy atom. The van der Waals surface area contributed by atoms with Crippen LogP contribution in [0.25, 0.3) is 5.69 Å². The number of para-hydroxylation sites is 1. The van der Waals surface area contributed by atoms with Gasteiger partial charge in [-0.3, -0.25) is 10.1 Å². The molecule has 2 N–H and O–H groups in total. The first-order valence-electron chi connectivity index (χ1n) is 8.43. The molecule has 7 heteroatoms. The van der Waals surface area contributed by atoms with Crippen molar-refractivity contribution in [3.05, 3.63) is 53.3 Å². The van der Waals surface area contributed by atoms with E-state index >= 15 is 0 Å². The van der Waals surface area contributed by atoms with E-state index in [1.807, 2.05) is 55.7 Å². The van der Waals surface area contributed by atoms with Crippen molar-refractivity contribution in [3.8, 4) is 5.69 Å². The van der Waals surface area contributed by atoms with Crippen LogP contribution < -0.4 is 10.6 Å². The number of hydrogen-bond acceptors (Lipinski definition) is 4. The Morgan fingerprint density at radius 2 is 1.81 bits per heavy atom. The maximum Gasteiger partial charge on any atom is 0.340 e. The number of aryl methyl sites for hydroxylation is 1. The maximum absolute atomic E-state index is 12.3. The first-order chi connectivity index (χ1) is 12.4. The zero-order chi connectivity index (χ0) is 19.1. The Morgan fingerprint density at radius 1 is 1.12 bits per heavy atom. The molecular weight excluding hydrogens is 334 g/mol. The van der Waals surface area contributed by atoms with Crippen molar-refractivity contribution >= 4 is 17.9 Å². The van der Waals surface area contributed by atoms with E-state index in [1.54, 1.807) is 6.07 Å². The summed E-state index contributed by atoms with van der Waals surface area (Å²) < 4.78 is 6.98. The van der Waals surface area contributed by atoms with E-state index in [-0.39, 0.29) is 0 Å². The van der Waals surface area contributed by atoms with Crippen LogP contribution >= 0.6 is 0 Å². The van der Waals surface area contributed by atoms with Crippen LogP contribution in [0.4, 0.5) is 4.79 Å². The smallest absolute Gasteiger partial charge is 0.340 e. The van der Waals surface area contributed by atoms with Gasteiger partial charge in [-0.05, 0) is 38.5 Å². The minimum absolute atomic E-state index is 0.384. The lowest BCUT2D eigenvalue weighted by atomic mass is 10.2. The monoisotopic (exact) mass is 357 g/mol. The summed E-state index contributed by atoms with van der Waals surface area (Å²) in [4.78, 5) is 35.4. The highest BCUT2D eigenvalue weighted by atomic mass is 16.5. The molecule has 3 amide bonds. The molecule has 0 atom stereocenters. The fourth-order valence-corrected chi connectivity index (χ4v) is 2.60. The first kappa shape index (κ1) is 19.2. The summed E-state index contributed by atoms with van der Waals surface area (Å²) in [7, 11) is 0. The summed E-state index contributed by atoms with van der Waals surface area (Å²) in [5.74, 6) is -1.28. The van der Waals surface area contributed by atoms with Crippen LogP contribution in [0.3, 0.4) is 0 Å². The predicted octanol–water partition coefficient (Wildman–Crippen LogP) is 2.49. The zero-order valence-electron chi connectivity index (χ0n) is 15.2. The van der Waals surface area contributed by atoms with Crippen molar-refractivity contribution in [2.45, 2.75) is 27.2 Å². The number of nitrogens with zero attached hydrogens (tertiary/aromatic N) is 1. The average Bonchev–Trinajstić information content (AvgIpc) is 2.93. The van der Waals surface area contributed by atoms with Crippen LogP contribution in [0.2, 0.25) is 0 Å². The molecule has 1 aromatic heterocycles. The Hall–Kier alpha value is -3.09. The first-order valence-corrected chi connectivity index (χ1v) is 8.43. The summed E-state index contributed by atoms with van der Waals surface area (Å²) >= 11 is 0. The van der Waals surface area contributed by atoms with Gasteiger partial charge in [0.25, 0.3) is 5.91 Å². The summed E-state index contributed by atoms with van der Waals surface area (Å²) in [6, 6.07) is 10.8. The molecule has 0 spiro atoms. The minimum Gasteiger partial charge on any atom is -0.452 e. The van der Waals surface area contributed by atoms with Crippen LogP contribution in [0.5, 0.6) is 0 Å². The van der Waals surface area contributed by atoms with Gasteiger partial charge in [-0.1, -0.05) is 25.1 Å². The van der Waals surface area contributed by atoms with E-state index in [9.17, 15) is 14.4 Å². The van der Waals surface area contributed by atoms with Crippen LogP contribution in [0.15, 0.2) is 36.4 Å². The zero-order valence-corrected chi connectivity index (χ0v) is 15.2. The molecule has 1 aromatic carbocycles. The maximum atomic E-state index is 12.3. The number of ether oxygens (including phenoxy) is 1. The van der Waals surface area contributed by atoms with Crippen LogP contribution in [-0.2, 0) is 9.53 Å². The van der Waals surface area contributed by atoms with E-state index in [2.05, 4.69) is 10.6 Å². The second-order valence-corrected chi connectivity index (χ2v) is 5.84. The minimum atomic E-state index is -0.677. The predicted molar refractivity (Wildman–Crippen MR) is 97.4 cm³/mol. The molecule has 26 heavy (non-hydrogen) atoms. The Bertz CT molecular complexity index is 797. The van der Waals surface area contributed by atoms with Crippen molar-refractivity contribution < 1.29 is 19.1 Å². The van der Waals surface area contributed by atoms with E-state index in [0.29, 0.717) is 12.1 Å². The largest absolute Gasteiger partial charge is 0.452 e. The molecule has 0 bridgehead atoms. The number of hydrogen-bond donors (Lipinski definition) is 2. The summed E-state index contributed by atoms with van der Waals surface area (Å²) in [5.41, 5.74) is 2.92. The quantitative estimate of drug-likeness (QED) is 0.777. The van der Waals surface area contributed by atoms with Crippen LogP contribution in [0, 0.1) is 13.8 Å². The summed E-state index contributed by atoms with van der Waals surface area (Å²) in [6.45, 7) is 5.55. The highest BCUT2D eigenvalue weighted by Crippen LogP contribution is 2.21. The van der Waals surface area contributed by atoms with Gasteiger partial charge in [0.2, 0.25) is 0 Å². The van der Waals surface area contributed by atoms with Gasteiger partial charge < -0.3 is 14.6 Å². The number of nitrogens with one attached hydrogen (secondary N) is 2. The van der Waals surface area contributed by atoms with E-state index in [1.165, 1.54) is 0 Å². The summed E-state index contributed by atoms with van der Waals surface area (Å²) in [6.07, 6.45) is 0.758. The second kappa shape index (κ2) is 8.84. The number of carbonyl (C=O) groups excluding carboxylic acids is 3. The van der Waals surface area contributed by atoms with Crippen LogP contribution in [-0.4, -0.2) is 35.6 Å². The van der Waals surface area contributed by atoms with E-state index < -0.39 is 24.5 Å². The van der Waals surface area contributed by atoms with Crippen molar-refractivity contribution in [3.63, 3.8) is 0 Å². The number of rotatable bonds is 6. The molecule has 7 nitrogen and oxygen atoms in total. The van der Waals surface area contributed by atoms with Crippen molar-refractivity contribution in [2.75, 3.05) is 13.2 Å². The fraction of sp³-hybridized carbons (Fsp3) is 0.316. The molecule has 0 aliphatic carbocycles. The topological polar surface area (TPSA) is 89.4 Å². The van der Waals surface area contributed by atoms with Crippen molar-refractivity contribution in [1.29, 1.82) is 0 Å². The Labute approximate surface area is 152 Å². The molecule has 0 radical (unpaired) electrons. The molecule has 0 unspecified atom stereocenters. The third-order valence-electron chi connectivity index (χ3n) is 3.79. The van der Waals surface area contributed by atoms with Gasteiger partial charge in [0.1, 0.15) is 0 Å².